The van der Waals surface area contributed by atoms with E-state index < -0.39 is 5.97 Å². The SMILES string of the molecule is O=C(O)c1ccc(CCCC2CCC(=O)N2CCCC2CCCCC2)cc1. The van der Waals surface area contributed by atoms with E-state index >= 15 is 0 Å². The molecule has 1 amide bonds. The van der Waals surface area contributed by atoms with Gasteiger partial charge in [-0.25, -0.2) is 4.79 Å². The summed E-state index contributed by atoms with van der Waals surface area (Å²) in [5.41, 5.74) is 1.51. The Morgan fingerprint density at radius 3 is 2.44 bits per heavy atom. The number of hydrogen-bond donors (Lipinski definition) is 1. The third kappa shape index (κ3) is 5.82. The van der Waals surface area contributed by atoms with Crippen LogP contribution in [0.1, 0.15) is 86.6 Å². The number of carbonyl (C=O) groups excluding carboxylic acids is 1. The molecule has 4 nitrogen and oxygen atoms in total. The van der Waals surface area contributed by atoms with E-state index in [0.29, 0.717) is 23.9 Å². The van der Waals surface area contributed by atoms with Crippen LogP contribution in [0.15, 0.2) is 24.3 Å². The molecule has 0 radical (unpaired) electrons. The van der Waals surface area contributed by atoms with Crippen LogP contribution in [-0.2, 0) is 11.2 Å². The topological polar surface area (TPSA) is 57.6 Å². The minimum atomic E-state index is -0.880. The lowest BCUT2D eigenvalue weighted by Gasteiger charge is -2.27. The van der Waals surface area contributed by atoms with E-state index in [4.69, 9.17) is 5.11 Å². The van der Waals surface area contributed by atoms with Crippen LogP contribution in [0.2, 0.25) is 0 Å². The number of carbonyl (C=O) groups is 2. The molecule has 0 spiro atoms. The van der Waals surface area contributed by atoms with Crippen molar-refractivity contribution in [3.8, 4) is 0 Å². The maximum Gasteiger partial charge on any atom is 0.335 e. The Bertz CT molecular complexity index is 619. The molecule has 1 heterocycles. The first-order valence-corrected chi connectivity index (χ1v) is 10.7. The zero-order valence-corrected chi connectivity index (χ0v) is 16.4. The van der Waals surface area contributed by atoms with E-state index in [1.807, 2.05) is 12.1 Å². The number of amides is 1. The van der Waals surface area contributed by atoms with Crippen molar-refractivity contribution in [2.24, 2.45) is 5.92 Å². The largest absolute Gasteiger partial charge is 0.478 e. The lowest BCUT2D eigenvalue weighted by atomic mass is 9.86. The molecule has 1 saturated carbocycles. The first kappa shape index (κ1) is 19.9. The Morgan fingerprint density at radius 1 is 1.00 bits per heavy atom. The van der Waals surface area contributed by atoms with Crippen molar-refractivity contribution >= 4 is 11.9 Å². The maximum atomic E-state index is 12.3. The van der Waals surface area contributed by atoms with Gasteiger partial charge in [0, 0.05) is 19.0 Å². The predicted octanol–water partition coefficient (Wildman–Crippen LogP) is 5.06. The van der Waals surface area contributed by atoms with Gasteiger partial charge in [0.1, 0.15) is 0 Å². The highest BCUT2D eigenvalue weighted by molar-refractivity contribution is 5.87. The zero-order chi connectivity index (χ0) is 19.1. The van der Waals surface area contributed by atoms with Crippen molar-refractivity contribution in [3.05, 3.63) is 35.4 Å². The summed E-state index contributed by atoms with van der Waals surface area (Å²) in [4.78, 5) is 25.3. The van der Waals surface area contributed by atoms with Gasteiger partial charge in [0.2, 0.25) is 5.91 Å². The lowest BCUT2D eigenvalue weighted by Crippen LogP contribution is -2.34. The summed E-state index contributed by atoms with van der Waals surface area (Å²) in [6.45, 7) is 0.938. The molecule has 1 atom stereocenters. The molecule has 0 bridgehead atoms. The van der Waals surface area contributed by atoms with Crippen molar-refractivity contribution in [1.29, 1.82) is 0 Å². The monoisotopic (exact) mass is 371 g/mol. The van der Waals surface area contributed by atoms with E-state index in [2.05, 4.69) is 4.90 Å². The number of aryl methyl sites for hydroxylation is 1. The van der Waals surface area contributed by atoms with Gasteiger partial charge in [-0.2, -0.15) is 0 Å². The van der Waals surface area contributed by atoms with Crippen molar-refractivity contribution in [1.82, 2.24) is 4.90 Å². The van der Waals surface area contributed by atoms with Crippen LogP contribution in [0.3, 0.4) is 0 Å². The molecular weight excluding hydrogens is 338 g/mol. The number of aromatic carboxylic acids is 1. The summed E-state index contributed by atoms with van der Waals surface area (Å²) in [6.07, 6.45) is 14.2. The molecule has 2 aliphatic rings. The Labute approximate surface area is 163 Å². The number of benzene rings is 1. The van der Waals surface area contributed by atoms with Gasteiger partial charge in [0.05, 0.1) is 5.56 Å². The summed E-state index contributed by atoms with van der Waals surface area (Å²) in [5.74, 6) is 0.355. The molecule has 2 fully saturated rings. The smallest absolute Gasteiger partial charge is 0.335 e. The lowest BCUT2D eigenvalue weighted by molar-refractivity contribution is -0.129. The first-order valence-electron chi connectivity index (χ1n) is 10.7. The highest BCUT2D eigenvalue weighted by atomic mass is 16.4. The van der Waals surface area contributed by atoms with Gasteiger partial charge in [-0.05, 0) is 62.1 Å². The van der Waals surface area contributed by atoms with Crippen LogP contribution < -0.4 is 0 Å². The van der Waals surface area contributed by atoms with Gasteiger partial charge in [-0.15, -0.1) is 0 Å². The summed E-state index contributed by atoms with van der Waals surface area (Å²) < 4.78 is 0. The molecule has 27 heavy (non-hydrogen) atoms. The van der Waals surface area contributed by atoms with Gasteiger partial charge in [-0.3, -0.25) is 4.79 Å². The Morgan fingerprint density at radius 2 is 1.74 bits per heavy atom. The van der Waals surface area contributed by atoms with Gasteiger partial charge in [0.25, 0.3) is 0 Å². The van der Waals surface area contributed by atoms with Crippen molar-refractivity contribution < 1.29 is 14.7 Å². The van der Waals surface area contributed by atoms with Crippen molar-refractivity contribution in [2.75, 3.05) is 6.54 Å². The molecule has 1 aliphatic carbocycles. The second-order valence-corrected chi connectivity index (χ2v) is 8.32. The summed E-state index contributed by atoms with van der Waals surface area (Å²) >= 11 is 0. The number of hydrogen-bond acceptors (Lipinski definition) is 2. The molecular formula is C23H33NO3. The molecule has 3 rings (SSSR count). The van der Waals surface area contributed by atoms with Crippen LogP contribution in [0.4, 0.5) is 0 Å². The van der Waals surface area contributed by atoms with Crippen molar-refractivity contribution in [2.45, 2.75) is 83.1 Å². The highest BCUT2D eigenvalue weighted by Crippen LogP contribution is 2.29. The molecule has 1 aromatic rings. The zero-order valence-electron chi connectivity index (χ0n) is 16.4. The number of likely N-dealkylation sites (tertiary alicyclic amines) is 1. The Kier molecular flexibility index (Phi) is 7.31. The normalized spacial score (nSPS) is 21.0. The van der Waals surface area contributed by atoms with Crippen LogP contribution >= 0.6 is 0 Å². The quantitative estimate of drug-likeness (QED) is 0.660. The van der Waals surface area contributed by atoms with E-state index in [1.165, 1.54) is 44.1 Å². The Hall–Kier alpha value is -1.84. The highest BCUT2D eigenvalue weighted by Gasteiger charge is 2.30. The van der Waals surface area contributed by atoms with Crippen molar-refractivity contribution in [3.63, 3.8) is 0 Å². The molecule has 1 N–H and O–H groups in total. The van der Waals surface area contributed by atoms with Gasteiger partial charge in [0.15, 0.2) is 0 Å². The minimum absolute atomic E-state index is 0.337. The van der Waals surface area contributed by atoms with Gasteiger partial charge < -0.3 is 10.0 Å². The summed E-state index contributed by atoms with van der Waals surface area (Å²) in [6, 6.07) is 7.57. The van der Waals surface area contributed by atoms with Crippen LogP contribution in [0.25, 0.3) is 0 Å². The average Bonchev–Trinajstić information content (AvgIpc) is 3.03. The molecule has 1 unspecified atom stereocenters. The summed E-state index contributed by atoms with van der Waals surface area (Å²) in [5, 5.41) is 8.97. The Balaban J connectivity index is 1.40. The van der Waals surface area contributed by atoms with Gasteiger partial charge in [-0.1, -0.05) is 44.2 Å². The van der Waals surface area contributed by atoms with Crippen LogP contribution in [0.5, 0.6) is 0 Å². The third-order valence-corrected chi connectivity index (χ3v) is 6.39. The predicted molar refractivity (Wildman–Crippen MR) is 107 cm³/mol. The number of carboxylic acid groups (broad SMARTS) is 1. The minimum Gasteiger partial charge on any atom is -0.478 e. The van der Waals surface area contributed by atoms with Gasteiger partial charge >= 0.3 is 5.97 Å². The van der Waals surface area contributed by atoms with Crippen LogP contribution in [-0.4, -0.2) is 34.5 Å². The fraction of sp³-hybridized carbons (Fsp3) is 0.652. The second kappa shape index (κ2) is 9.91. The molecule has 1 aromatic carbocycles. The van der Waals surface area contributed by atoms with E-state index in [0.717, 1.165) is 44.6 Å². The fourth-order valence-electron chi connectivity index (χ4n) is 4.78. The second-order valence-electron chi connectivity index (χ2n) is 8.32. The maximum absolute atomic E-state index is 12.3. The number of carboxylic acids is 1. The van der Waals surface area contributed by atoms with E-state index in [1.54, 1.807) is 12.1 Å². The number of nitrogens with zero attached hydrogens (tertiary/aromatic N) is 1. The molecule has 1 aliphatic heterocycles. The molecule has 1 saturated heterocycles. The van der Waals surface area contributed by atoms with E-state index in [-0.39, 0.29) is 0 Å². The number of rotatable bonds is 9. The summed E-state index contributed by atoms with van der Waals surface area (Å²) in [7, 11) is 0. The molecule has 4 heteroatoms. The standard InChI is InChI=1S/C23H33NO3/c25-22-16-15-21(24(22)17-5-9-18-6-2-1-3-7-18)10-4-8-19-11-13-20(14-12-19)23(26)27/h11-14,18,21H,1-10,15-17H2,(H,26,27). The molecule has 148 valence electrons. The molecule has 0 aromatic heterocycles. The first-order chi connectivity index (χ1) is 13.1. The average molecular weight is 372 g/mol. The fourth-order valence-corrected chi connectivity index (χ4v) is 4.78. The van der Waals surface area contributed by atoms with Crippen LogP contribution in [0, 0.1) is 5.92 Å². The van der Waals surface area contributed by atoms with E-state index in [9.17, 15) is 9.59 Å². The third-order valence-electron chi connectivity index (χ3n) is 6.39.